The van der Waals surface area contributed by atoms with E-state index >= 15 is 0 Å². The van der Waals surface area contributed by atoms with Crippen LogP contribution in [0.4, 0.5) is 5.13 Å². The number of nitriles is 1. The molecular weight excluding hydrogens is 356 g/mol. The van der Waals surface area contributed by atoms with E-state index < -0.39 is 0 Å². The summed E-state index contributed by atoms with van der Waals surface area (Å²) in [5.74, 6) is -0.230. The van der Waals surface area contributed by atoms with Gasteiger partial charge in [-0.1, -0.05) is 47.7 Å². The lowest BCUT2D eigenvalue weighted by Crippen LogP contribution is -3.10. The molecule has 2 N–H and O–H groups in total. The average Bonchev–Trinajstić information content (AvgIpc) is 3.10. The van der Waals surface area contributed by atoms with Gasteiger partial charge in [-0.2, -0.15) is 5.26 Å². The number of carbonyl (C=O) groups excluding carboxylic acids is 1. The van der Waals surface area contributed by atoms with Crippen LogP contribution in [0.25, 0.3) is 0 Å². The van der Waals surface area contributed by atoms with Crippen molar-refractivity contribution in [3.05, 3.63) is 81.9 Å². The number of quaternary nitrogens is 1. The maximum Gasteiger partial charge on any atom is 0.257 e. The molecule has 1 aliphatic rings. The van der Waals surface area contributed by atoms with Gasteiger partial charge < -0.3 is 4.90 Å². The van der Waals surface area contributed by atoms with Gasteiger partial charge in [0.1, 0.15) is 13.1 Å². The Morgan fingerprint density at radius 1 is 1.22 bits per heavy atom. The van der Waals surface area contributed by atoms with E-state index in [1.807, 2.05) is 6.07 Å². The van der Waals surface area contributed by atoms with Gasteiger partial charge in [-0.05, 0) is 18.2 Å². The second kappa shape index (κ2) is 7.70. The number of nitrogens with one attached hydrogen (secondary N) is 2. The van der Waals surface area contributed by atoms with Crippen LogP contribution in [0.15, 0.2) is 54.6 Å². The molecule has 0 bridgehead atoms. The third-order valence-corrected chi connectivity index (χ3v) is 5.69. The van der Waals surface area contributed by atoms with E-state index in [0.717, 1.165) is 31.7 Å². The summed E-state index contributed by atoms with van der Waals surface area (Å²) < 4.78 is 0. The van der Waals surface area contributed by atoms with Crippen molar-refractivity contribution in [3.63, 3.8) is 0 Å². The fourth-order valence-corrected chi connectivity index (χ4v) is 4.39. The van der Waals surface area contributed by atoms with Gasteiger partial charge >= 0.3 is 0 Å². The topological polar surface area (TPSA) is 70.2 Å². The van der Waals surface area contributed by atoms with Crippen LogP contribution in [-0.2, 0) is 19.5 Å². The molecular formula is C21H19N4OS+. The Bertz CT molecular complexity index is 1010. The van der Waals surface area contributed by atoms with Crippen molar-refractivity contribution < 1.29 is 9.69 Å². The van der Waals surface area contributed by atoms with E-state index in [9.17, 15) is 4.79 Å². The summed E-state index contributed by atoms with van der Waals surface area (Å²) in [6.45, 7) is 2.98. The molecule has 0 radical (unpaired) electrons. The first-order valence-electron chi connectivity index (χ1n) is 8.89. The zero-order chi connectivity index (χ0) is 18.6. The van der Waals surface area contributed by atoms with Crippen LogP contribution >= 0.6 is 11.3 Å². The molecule has 1 amide bonds. The molecule has 5 nitrogen and oxygen atoms in total. The lowest BCUT2D eigenvalue weighted by Gasteiger charge is -2.22. The minimum absolute atomic E-state index is 0.230. The van der Waals surface area contributed by atoms with Gasteiger partial charge in [-0.25, -0.2) is 4.98 Å². The number of carbonyl (C=O) groups is 1. The Morgan fingerprint density at radius 2 is 2.07 bits per heavy atom. The van der Waals surface area contributed by atoms with Crippen molar-refractivity contribution in [3.8, 4) is 6.07 Å². The number of aromatic nitrogens is 1. The fraction of sp³-hybridized carbons (Fsp3) is 0.190. The minimum Gasteiger partial charge on any atom is -0.326 e. The summed E-state index contributed by atoms with van der Waals surface area (Å²) in [6, 6.07) is 19.3. The summed E-state index contributed by atoms with van der Waals surface area (Å²) in [6.07, 6.45) is 0.924. The molecule has 1 aromatic heterocycles. The number of anilines is 1. The monoisotopic (exact) mass is 375 g/mol. The Kier molecular flexibility index (Phi) is 4.97. The van der Waals surface area contributed by atoms with Crippen LogP contribution in [0.2, 0.25) is 0 Å². The first kappa shape index (κ1) is 17.4. The standard InChI is InChI=1S/C21H18N4OS/c22-12-16-7-4-8-17(11-16)20(26)24-21-23-18-9-10-25(14-19(18)27-21)13-15-5-2-1-3-6-15/h1-8,11H,9-10,13-14H2,(H,23,24,26)/p+1. The van der Waals surface area contributed by atoms with Gasteiger partial charge in [0.2, 0.25) is 0 Å². The number of hydrogen-bond donors (Lipinski definition) is 2. The van der Waals surface area contributed by atoms with Gasteiger partial charge in [-0.3, -0.25) is 10.1 Å². The SMILES string of the molecule is N#Cc1cccc(C(=O)Nc2nc3c(s2)C[NH+](Cc2ccccc2)CC3)c1. The van der Waals surface area contributed by atoms with E-state index in [-0.39, 0.29) is 5.91 Å². The molecule has 0 fully saturated rings. The van der Waals surface area contributed by atoms with E-state index in [0.29, 0.717) is 16.3 Å². The molecule has 2 aromatic carbocycles. The average molecular weight is 375 g/mol. The molecule has 0 saturated carbocycles. The molecule has 27 heavy (non-hydrogen) atoms. The zero-order valence-electron chi connectivity index (χ0n) is 14.7. The van der Waals surface area contributed by atoms with Gasteiger partial charge in [0, 0.05) is 17.5 Å². The summed E-state index contributed by atoms with van der Waals surface area (Å²) in [5, 5.41) is 12.5. The fourth-order valence-electron chi connectivity index (χ4n) is 3.32. The highest BCUT2D eigenvalue weighted by Crippen LogP contribution is 2.25. The maximum atomic E-state index is 12.4. The summed E-state index contributed by atoms with van der Waals surface area (Å²) in [4.78, 5) is 19.8. The van der Waals surface area contributed by atoms with Crippen molar-refractivity contribution in [2.24, 2.45) is 0 Å². The Hall–Kier alpha value is -3.01. The van der Waals surface area contributed by atoms with Crippen LogP contribution < -0.4 is 10.2 Å². The second-order valence-electron chi connectivity index (χ2n) is 6.62. The number of rotatable bonds is 4. The van der Waals surface area contributed by atoms with Crippen molar-refractivity contribution in [1.82, 2.24) is 4.98 Å². The van der Waals surface area contributed by atoms with Crippen LogP contribution in [0.5, 0.6) is 0 Å². The molecule has 3 aromatic rings. The largest absolute Gasteiger partial charge is 0.326 e. The van der Waals surface area contributed by atoms with Crippen molar-refractivity contribution in [1.29, 1.82) is 5.26 Å². The third-order valence-electron chi connectivity index (χ3n) is 4.68. The van der Waals surface area contributed by atoms with Gasteiger partial charge in [0.15, 0.2) is 5.13 Å². The highest BCUT2D eigenvalue weighted by atomic mass is 32.1. The molecule has 134 valence electrons. The summed E-state index contributed by atoms with van der Waals surface area (Å²) >= 11 is 1.55. The van der Waals surface area contributed by atoms with Gasteiger partial charge in [-0.15, -0.1) is 0 Å². The number of benzene rings is 2. The van der Waals surface area contributed by atoms with Crippen LogP contribution in [0, 0.1) is 11.3 Å². The zero-order valence-corrected chi connectivity index (χ0v) is 15.6. The lowest BCUT2D eigenvalue weighted by molar-refractivity contribution is -0.929. The summed E-state index contributed by atoms with van der Waals surface area (Å²) in [7, 11) is 0. The molecule has 6 heteroatoms. The van der Waals surface area contributed by atoms with Crippen LogP contribution in [-0.4, -0.2) is 17.4 Å². The first-order valence-corrected chi connectivity index (χ1v) is 9.70. The molecule has 0 aliphatic carbocycles. The molecule has 0 saturated heterocycles. The number of thiazole rings is 1. The molecule has 4 rings (SSSR count). The maximum absolute atomic E-state index is 12.4. The molecule has 1 atom stereocenters. The minimum atomic E-state index is -0.230. The van der Waals surface area contributed by atoms with Gasteiger partial charge in [0.05, 0.1) is 28.7 Å². The number of amides is 1. The van der Waals surface area contributed by atoms with Crippen molar-refractivity contribution >= 4 is 22.4 Å². The van der Waals surface area contributed by atoms with Crippen molar-refractivity contribution in [2.45, 2.75) is 19.5 Å². The highest BCUT2D eigenvalue weighted by molar-refractivity contribution is 7.15. The van der Waals surface area contributed by atoms with Crippen LogP contribution in [0.3, 0.4) is 0 Å². The third kappa shape index (κ3) is 4.05. The normalized spacial score (nSPS) is 15.6. The number of hydrogen-bond acceptors (Lipinski definition) is 4. The smallest absolute Gasteiger partial charge is 0.257 e. The highest BCUT2D eigenvalue weighted by Gasteiger charge is 2.24. The first-order chi connectivity index (χ1) is 13.2. The van der Waals surface area contributed by atoms with E-state index in [4.69, 9.17) is 5.26 Å². The van der Waals surface area contributed by atoms with Gasteiger partial charge in [0.25, 0.3) is 5.91 Å². The Labute approximate surface area is 161 Å². The molecule has 1 aliphatic heterocycles. The number of nitrogens with zero attached hydrogens (tertiary/aromatic N) is 2. The predicted octanol–water partition coefficient (Wildman–Crippen LogP) is 2.41. The van der Waals surface area contributed by atoms with Crippen molar-refractivity contribution in [2.75, 3.05) is 11.9 Å². The van der Waals surface area contributed by atoms with E-state index in [1.54, 1.807) is 35.6 Å². The van der Waals surface area contributed by atoms with E-state index in [2.05, 4.69) is 40.6 Å². The van der Waals surface area contributed by atoms with E-state index in [1.165, 1.54) is 15.3 Å². The molecule has 2 heterocycles. The second-order valence-corrected chi connectivity index (χ2v) is 7.71. The quantitative estimate of drug-likeness (QED) is 0.736. The lowest BCUT2D eigenvalue weighted by atomic mass is 10.1. The summed E-state index contributed by atoms with van der Waals surface area (Å²) in [5.41, 5.74) is 3.38. The Morgan fingerprint density at radius 3 is 2.89 bits per heavy atom. The number of fused-ring (bicyclic) bond motifs is 1. The Balaban J connectivity index is 1.44. The molecule has 0 spiro atoms. The molecule has 1 unspecified atom stereocenters. The van der Waals surface area contributed by atoms with Crippen LogP contribution in [0.1, 0.15) is 32.1 Å². The predicted molar refractivity (Wildman–Crippen MR) is 105 cm³/mol.